The molecule has 1 aliphatic rings. The van der Waals surface area contributed by atoms with E-state index >= 15 is 0 Å². The number of carbonyl (C=O) groups is 1. The molecule has 2 aromatic heterocycles. The Morgan fingerprint density at radius 2 is 2.20 bits per heavy atom. The summed E-state index contributed by atoms with van der Waals surface area (Å²) in [6, 6.07) is 7.72. The molecule has 6 nitrogen and oxygen atoms in total. The van der Waals surface area contributed by atoms with Gasteiger partial charge in [-0.05, 0) is 31.5 Å². The fraction of sp³-hybridized carbons (Fsp3) is 0.263. The van der Waals surface area contributed by atoms with Gasteiger partial charge in [-0.2, -0.15) is 0 Å². The average Bonchev–Trinajstić information content (AvgIpc) is 2.95. The summed E-state index contributed by atoms with van der Waals surface area (Å²) >= 11 is 0. The minimum Gasteiger partial charge on any atom is -0.493 e. The number of carboxylic acids is 1. The fourth-order valence-corrected chi connectivity index (χ4v) is 3.43. The molecule has 0 fully saturated rings. The summed E-state index contributed by atoms with van der Waals surface area (Å²) in [7, 11) is 0. The van der Waals surface area contributed by atoms with Crippen LogP contribution < -0.4 is 10.1 Å². The number of benzene rings is 1. The van der Waals surface area contributed by atoms with Gasteiger partial charge in [-0.1, -0.05) is 12.1 Å². The molecule has 3 aromatic rings. The predicted octanol–water partition coefficient (Wildman–Crippen LogP) is 3.59. The van der Waals surface area contributed by atoms with Gasteiger partial charge in [0.25, 0.3) is 0 Å². The van der Waals surface area contributed by atoms with Crippen LogP contribution in [0.2, 0.25) is 0 Å². The van der Waals surface area contributed by atoms with E-state index < -0.39 is 5.97 Å². The summed E-state index contributed by atoms with van der Waals surface area (Å²) in [5, 5.41) is 12.9. The van der Waals surface area contributed by atoms with Crippen LogP contribution in [0.15, 0.2) is 36.7 Å². The number of nitrogens with zero attached hydrogens (tertiary/aromatic N) is 2. The number of hydrogen-bond donors (Lipinski definition) is 2. The first-order chi connectivity index (χ1) is 12.0. The Kier molecular flexibility index (Phi) is 3.60. The molecule has 1 aliphatic heterocycles. The zero-order chi connectivity index (χ0) is 17.6. The number of aryl methyl sites for hydroxylation is 2. The van der Waals surface area contributed by atoms with E-state index in [-0.39, 0.29) is 11.6 Å². The van der Waals surface area contributed by atoms with Crippen LogP contribution in [0.1, 0.15) is 39.6 Å². The van der Waals surface area contributed by atoms with Crippen molar-refractivity contribution in [3.63, 3.8) is 0 Å². The summed E-state index contributed by atoms with van der Waals surface area (Å²) in [5.41, 5.74) is 4.78. The molecule has 0 bridgehead atoms. The monoisotopic (exact) mass is 337 g/mol. The number of fused-ring (bicyclic) bond motifs is 2. The topological polar surface area (TPSA) is 75.9 Å². The highest BCUT2D eigenvalue weighted by Crippen LogP contribution is 2.37. The third kappa shape index (κ3) is 2.69. The normalized spacial score (nSPS) is 16.3. The summed E-state index contributed by atoms with van der Waals surface area (Å²) in [4.78, 5) is 16.0. The van der Waals surface area contributed by atoms with Crippen molar-refractivity contribution in [2.45, 2.75) is 26.3 Å². The minimum absolute atomic E-state index is 0.0507. The molecule has 2 N–H and O–H groups in total. The molecule has 0 saturated heterocycles. The Morgan fingerprint density at radius 3 is 3.00 bits per heavy atom. The number of pyridine rings is 1. The van der Waals surface area contributed by atoms with Gasteiger partial charge in [0, 0.05) is 24.4 Å². The first-order valence-electron chi connectivity index (χ1n) is 8.24. The molecule has 1 unspecified atom stereocenters. The number of aromatic carboxylic acids is 1. The molecule has 0 spiro atoms. The molecule has 3 heterocycles. The van der Waals surface area contributed by atoms with Crippen LogP contribution in [0, 0.1) is 13.8 Å². The van der Waals surface area contributed by atoms with E-state index in [9.17, 15) is 9.90 Å². The van der Waals surface area contributed by atoms with E-state index in [1.165, 1.54) is 0 Å². The summed E-state index contributed by atoms with van der Waals surface area (Å²) in [6.45, 7) is 4.58. The summed E-state index contributed by atoms with van der Waals surface area (Å²) < 4.78 is 7.53. The SMILES string of the molecule is Cc1cn2cc(C(=O)O)cc(NC3CCOc4cccc(C)c43)c2n1. The first kappa shape index (κ1) is 15.5. The van der Waals surface area contributed by atoms with Crippen molar-refractivity contribution in [2.24, 2.45) is 0 Å². The third-order valence-electron chi connectivity index (χ3n) is 4.55. The van der Waals surface area contributed by atoms with Gasteiger partial charge in [-0.15, -0.1) is 0 Å². The van der Waals surface area contributed by atoms with Crippen LogP contribution in [0.5, 0.6) is 5.75 Å². The zero-order valence-corrected chi connectivity index (χ0v) is 14.1. The van der Waals surface area contributed by atoms with E-state index in [2.05, 4.69) is 23.3 Å². The maximum Gasteiger partial charge on any atom is 0.337 e. The highest BCUT2D eigenvalue weighted by Gasteiger charge is 2.24. The number of aromatic nitrogens is 2. The second-order valence-electron chi connectivity index (χ2n) is 6.38. The first-order valence-corrected chi connectivity index (χ1v) is 8.24. The number of ether oxygens (including phenoxy) is 1. The van der Waals surface area contributed by atoms with Crippen LogP contribution in [-0.2, 0) is 0 Å². The molecule has 0 aliphatic carbocycles. The van der Waals surface area contributed by atoms with Crippen LogP contribution in [-0.4, -0.2) is 27.1 Å². The maximum atomic E-state index is 11.5. The molecule has 1 atom stereocenters. The van der Waals surface area contributed by atoms with Crippen molar-refractivity contribution in [3.8, 4) is 5.75 Å². The average molecular weight is 337 g/mol. The third-order valence-corrected chi connectivity index (χ3v) is 4.55. The number of anilines is 1. The van der Waals surface area contributed by atoms with Gasteiger partial charge < -0.3 is 19.6 Å². The van der Waals surface area contributed by atoms with Crippen LogP contribution in [0.3, 0.4) is 0 Å². The molecular weight excluding hydrogens is 318 g/mol. The molecule has 4 rings (SSSR count). The smallest absolute Gasteiger partial charge is 0.337 e. The lowest BCUT2D eigenvalue weighted by molar-refractivity contribution is 0.0696. The molecular formula is C19H19N3O3. The second kappa shape index (κ2) is 5.81. The van der Waals surface area contributed by atoms with Gasteiger partial charge in [0.2, 0.25) is 0 Å². The van der Waals surface area contributed by atoms with Crippen molar-refractivity contribution in [1.82, 2.24) is 9.38 Å². The number of hydrogen-bond acceptors (Lipinski definition) is 4. The van der Waals surface area contributed by atoms with Crippen molar-refractivity contribution >= 4 is 17.3 Å². The number of rotatable bonds is 3. The molecule has 128 valence electrons. The minimum atomic E-state index is -0.958. The number of carboxylic acid groups (broad SMARTS) is 1. The number of imidazole rings is 1. The van der Waals surface area contributed by atoms with Gasteiger partial charge in [0.1, 0.15) is 5.75 Å². The molecule has 0 radical (unpaired) electrons. The molecule has 0 saturated carbocycles. The van der Waals surface area contributed by atoms with Gasteiger partial charge in [-0.3, -0.25) is 0 Å². The zero-order valence-electron chi connectivity index (χ0n) is 14.1. The maximum absolute atomic E-state index is 11.5. The Morgan fingerprint density at radius 1 is 1.36 bits per heavy atom. The van der Waals surface area contributed by atoms with Gasteiger partial charge in [0.15, 0.2) is 5.65 Å². The highest BCUT2D eigenvalue weighted by molar-refractivity contribution is 5.90. The van der Waals surface area contributed by atoms with E-state index in [0.29, 0.717) is 12.3 Å². The summed E-state index contributed by atoms with van der Waals surface area (Å²) in [5.74, 6) is -0.0754. The van der Waals surface area contributed by atoms with Crippen molar-refractivity contribution < 1.29 is 14.6 Å². The van der Waals surface area contributed by atoms with E-state index in [4.69, 9.17) is 4.74 Å². The Labute approximate surface area is 145 Å². The molecule has 25 heavy (non-hydrogen) atoms. The van der Waals surface area contributed by atoms with Crippen LogP contribution in [0.25, 0.3) is 5.65 Å². The van der Waals surface area contributed by atoms with Crippen molar-refractivity contribution in [1.29, 1.82) is 0 Å². The van der Waals surface area contributed by atoms with Crippen LogP contribution >= 0.6 is 0 Å². The van der Waals surface area contributed by atoms with Gasteiger partial charge in [-0.25, -0.2) is 9.78 Å². The van der Waals surface area contributed by atoms with Crippen molar-refractivity contribution in [3.05, 3.63) is 59.0 Å². The summed E-state index contributed by atoms with van der Waals surface area (Å²) in [6.07, 6.45) is 4.23. The lowest BCUT2D eigenvalue weighted by Crippen LogP contribution is -2.22. The largest absolute Gasteiger partial charge is 0.493 e. The Balaban J connectivity index is 1.81. The molecule has 0 amide bonds. The quantitative estimate of drug-likeness (QED) is 0.764. The highest BCUT2D eigenvalue weighted by atomic mass is 16.5. The molecule has 6 heteroatoms. The van der Waals surface area contributed by atoms with E-state index in [0.717, 1.165) is 34.6 Å². The standard InChI is InChI=1S/C19H19N3O3/c1-11-4-3-5-16-17(11)14(6-7-25-16)21-15-8-13(19(23)24)10-22-9-12(2)20-18(15)22/h3-5,8-10,14,21H,6-7H2,1-2H3,(H,23,24). The number of nitrogens with one attached hydrogen (secondary N) is 1. The lowest BCUT2D eigenvalue weighted by Gasteiger charge is -2.29. The van der Waals surface area contributed by atoms with E-state index in [1.54, 1.807) is 16.7 Å². The Hall–Kier alpha value is -3.02. The van der Waals surface area contributed by atoms with E-state index in [1.807, 2.05) is 25.3 Å². The van der Waals surface area contributed by atoms with Crippen LogP contribution in [0.4, 0.5) is 5.69 Å². The predicted molar refractivity (Wildman–Crippen MR) is 94.5 cm³/mol. The fourth-order valence-electron chi connectivity index (χ4n) is 3.43. The van der Waals surface area contributed by atoms with Crippen molar-refractivity contribution in [2.75, 3.05) is 11.9 Å². The molecule has 1 aromatic carbocycles. The second-order valence-corrected chi connectivity index (χ2v) is 6.38. The lowest BCUT2D eigenvalue weighted by atomic mass is 9.95. The Bertz CT molecular complexity index is 977. The van der Waals surface area contributed by atoms with Gasteiger partial charge >= 0.3 is 5.97 Å². The van der Waals surface area contributed by atoms with Gasteiger partial charge in [0.05, 0.1) is 29.6 Å².